The first-order valence-electron chi connectivity index (χ1n) is 5.94. The highest BCUT2D eigenvalue weighted by Crippen LogP contribution is 2.18. The van der Waals surface area contributed by atoms with Crippen molar-refractivity contribution < 1.29 is 4.74 Å². The SMILES string of the molecule is Cc1nc(CNC(C)C2CCOCC2)n[nH]1. The highest BCUT2D eigenvalue weighted by atomic mass is 16.5. The normalized spacial score (nSPS) is 19.9. The zero-order valence-electron chi connectivity index (χ0n) is 9.99. The van der Waals surface area contributed by atoms with Crippen LogP contribution >= 0.6 is 0 Å². The van der Waals surface area contributed by atoms with Crippen LogP contribution in [0.15, 0.2) is 0 Å². The van der Waals surface area contributed by atoms with Gasteiger partial charge in [0.2, 0.25) is 0 Å². The van der Waals surface area contributed by atoms with Crippen LogP contribution < -0.4 is 5.32 Å². The number of H-pyrrole nitrogens is 1. The van der Waals surface area contributed by atoms with E-state index in [2.05, 4.69) is 27.4 Å². The predicted molar refractivity (Wildman–Crippen MR) is 61.0 cm³/mol. The predicted octanol–water partition coefficient (Wildman–Crippen LogP) is 1.02. The summed E-state index contributed by atoms with van der Waals surface area (Å²) < 4.78 is 5.36. The van der Waals surface area contributed by atoms with Crippen molar-refractivity contribution in [2.24, 2.45) is 5.92 Å². The Kier molecular flexibility index (Phi) is 3.90. The van der Waals surface area contributed by atoms with E-state index >= 15 is 0 Å². The van der Waals surface area contributed by atoms with Gasteiger partial charge in [-0.05, 0) is 32.6 Å². The molecule has 1 unspecified atom stereocenters. The standard InChI is InChI=1S/C11H20N4O/c1-8(10-3-5-16-6-4-10)12-7-11-13-9(2)14-15-11/h8,10,12H,3-7H2,1-2H3,(H,13,14,15). The summed E-state index contributed by atoms with van der Waals surface area (Å²) in [5.74, 6) is 2.43. The van der Waals surface area contributed by atoms with Gasteiger partial charge in [-0.15, -0.1) is 0 Å². The van der Waals surface area contributed by atoms with Gasteiger partial charge in [0.25, 0.3) is 0 Å². The zero-order valence-corrected chi connectivity index (χ0v) is 9.99. The minimum Gasteiger partial charge on any atom is -0.381 e. The molecule has 1 aromatic heterocycles. The Morgan fingerprint density at radius 1 is 1.50 bits per heavy atom. The summed E-state index contributed by atoms with van der Waals surface area (Å²) >= 11 is 0. The number of nitrogens with one attached hydrogen (secondary N) is 2. The first kappa shape index (κ1) is 11.5. The summed E-state index contributed by atoms with van der Waals surface area (Å²) in [5, 5.41) is 10.4. The third-order valence-corrected chi connectivity index (χ3v) is 3.20. The molecule has 1 saturated heterocycles. The van der Waals surface area contributed by atoms with E-state index < -0.39 is 0 Å². The smallest absolute Gasteiger partial charge is 0.164 e. The van der Waals surface area contributed by atoms with Gasteiger partial charge < -0.3 is 10.1 Å². The number of hydrogen-bond acceptors (Lipinski definition) is 4. The second kappa shape index (κ2) is 5.41. The molecular formula is C11H20N4O. The van der Waals surface area contributed by atoms with Crippen molar-refractivity contribution in [1.82, 2.24) is 20.5 Å². The first-order valence-corrected chi connectivity index (χ1v) is 5.94. The number of aromatic nitrogens is 3. The number of nitrogens with zero attached hydrogens (tertiary/aromatic N) is 2. The summed E-state index contributed by atoms with van der Waals surface area (Å²) in [7, 11) is 0. The van der Waals surface area contributed by atoms with Gasteiger partial charge in [0, 0.05) is 19.3 Å². The summed E-state index contributed by atoms with van der Waals surface area (Å²) in [6.45, 7) is 6.68. The molecule has 2 N–H and O–H groups in total. The molecule has 5 heteroatoms. The molecular weight excluding hydrogens is 204 g/mol. The van der Waals surface area contributed by atoms with E-state index in [4.69, 9.17) is 4.74 Å². The lowest BCUT2D eigenvalue weighted by Crippen LogP contribution is -2.36. The van der Waals surface area contributed by atoms with Gasteiger partial charge in [0.05, 0.1) is 6.54 Å². The molecule has 0 aliphatic carbocycles. The molecule has 2 rings (SSSR count). The number of aromatic amines is 1. The fourth-order valence-corrected chi connectivity index (χ4v) is 2.10. The van der Waals surface area contributed by atoms with Crippen molar-refractivity contribution in [3.63, 3.8) is 0 Å². The topological polar surface area (TPSA) is 62.8 Å². The van der Waals surface area contributed by atoms with Crippen molar-refractivity contribution in [3.8, 4) is 0 Å². The molecule has 0 radical (unpaired) electrons. The van der Waals surface area contributed by atoms with Crippen LogP contribution in [0, 0.1) is 12.8 Å². The maximum atomic E-state index is 5.36. The van der Waals surface area contributed by atoms with Crippen molar-refractivity contribution in [1.29, 1.82) is 0 Å². The Hall–Kier alpha value is -0.940. The van der Waals surface area contributed by atoms with Crippen LogP contribution in [0.2, 0.25) is 0 Å². The molecule has 1 aliphatic heterocycles. The molecule has 0 spiro atoms. The summed E-state index contributed by atoms with van der Waals surface area (Å²) in [4.78, 5) is 4.27. The van der Waals surface area contributed by atoms with Crippen LogP contribution in [0.4, 0.5) is 0 Å². The number of hydrogen-bond donors (Lipinski definition) is 2. The van der Waals surface area contributed by atoms with Crippen molar-refractivity contribution >= 4 is 0 Å². The molecule has 0 aromatic carbocycles. The fourth-order valence-electron chi connectivity index (χ4n) is 2.10. The molecule has 5 nitrogen and oxygen atoms in total. The number of ether oxygens (including phenoxy) is 1. The second-order valence-electron chi connectivity index (χ2n) is 4.46. The third kappa shape index (κ3) is 3.02. The molecule has 1 aromatic rings. The average Bonchev–Trinajstić information content (AvgIpc) is 2.73. The van der Waals surface area contributed by atoms with Crippen LogP contribution in [0.5, 0.6) is 0 Å². The summed E-state index contributed by atoms with van der Waals surface area (Å²) in [5.41, 5.74) is 0. The maximum absolute atomic E-state index is 5.36. The molecule has 0 bridgehead atoms. The van der Waals surface area contributed by atoms with Gasteiger partial charge in [0.1, 0.15) is 5.82 Å². The minimum atomic E-state index is 0.503. The molecule has 90 valence electrons. The molecule has 0 saturated carbocycles. The molecule has 2 heterocycles. The van der Waals surface area contributed by atoms with E-state index in [1.807, 2.05) is 6.92 Å². The third-order valence-electron chi connectivity index (χ3n) is 3.20. The Morgan fingerprint density at radius 2 is 2.25 bits per heavy atom. The Labute approximate surface area is 96.0 Å². The Morgan fingerprint density at radius 3 is 2.88 bits per heavy atom. The van der Waals surface area contributed by atoms with E-state index in [0.717, 1.165) is 44.2 Å². The number of rotatable bonds is 4. The highest BCUT2D eigenvalue weighted by Gasteiger charge is 2.20. The Balaban J connectivity index is 1.76. The first-order chi connectivity index (χ1) is 7.75. The Bertz CT molecular complexity index is 320. The fraction of sp³-hybridized carbons (Fsp3) is 0.818. The summed E-state index contributed by atoms with van der Waals surface area (Å²) in [6.07, 6.45) is 2.31. The van der Waals surface area contributed by atoms with Crippen LogP contribution in [0.25, 0.3) is 0 Å². The van der Waals surface area contributed by atoms with Gasteiger partial charge in [0.15, 0.2) is 5.82 Å². The van der Waals surface area contributed by atoms with E-state index in [-0.39, 0.29) is 0 Å². The van der Waals surface area contributed by atoms with Gasteiger partial charge >= 0.3 is 0 Å². The molecule has 1 aliphatic rings. The largest absolute Gasteiger partial charge is 0.381 e. The lowest BCUT2D eigenvalue weighted by Gasteiger charge is -2.28. The highest BCUT2D eigenvalue weighted by molar-refractivity contribution is 4.88. The van der Waals surface area contributed by atoms with E-state index in [0.29, 0.717) is 12.0 Å². The van der Waals surface area contributed by atoms with Crippen LogP contribution in [0.3, 0.4) is 0 Å². The van der Waals surface area contributed by atoms with E-state index in [1.165, 1.54) is 0 Å². The van der Waals surface area contributed by atoms with Crippen LogP contribution in [-0.2, 0) is 11.3 Å². The second-order valence-corrected chi connectivity index (χ2v) is 4.46. The van der Waals surface area contributed by atoms with E-state index in [9.17, 15) is 0 Å². The summed E-state index contributed by atoms with van der Waals surface area (Å²) in [6, 6.07) is 0.503. The van der Waals surface area contributed by atoms with Gasteiger partial charge in [-0.2, -0.15) is 5.10 Å². The van der Waals surface area contributed by atoms with Gasteiger partial charge in [-0.3, -0.25) is 5.10 Å². The molecule has 0 amide bonds. The molecule has 16 heavy (non-hydrogen) atoms. The van der Waals surface area contributed by atoms with Gasteiger partial charge in [-0.25, -0.2) is 4.98 Å². The van der Waals surface area contributed by atoms with Crippen molar-refractivity contribution in [2.75, 3.05) is 13.2 Å². The zero-order chi connectivity index (χ0) is 11.4. The van der Waals surface area contributed by atoms with Crippen LogP contribution in [-0.4, -0.2) is 34.4 Å². The minimum absolute atomic E-state index is 0.503. The average molecular weight is 224 g/mol. The van der Waals surface area contributed by atoms with E-state index in [1.54, 1.807) is 0 Å². The van der Waals surface area contributed by atoms with Crippen molar-refractivity contribution in [2.45, 2.75) is 39.3 Å². The molecule has 1 fully saturated rings. The lowest BCUT2D eigenvalue weighted by molar-refractivity contribution is 0.0557. The van der Waals surface area contributed by atoms with Gasteiger partial charge in [-0.1, -0.05) is 0 Å². The monoisotopic (exact) mass is 224 g/mol. The lowest BCUT2D eigenvalue weighted by atomic mass is 9.93. The van der Waals surface area contributed by atoms with Crippen LogP contribution in [0.1, 0.15) is 31.4 Å². The van der Waals surface area contributed by atoms with Crippen molar-refractivity contribution in [3.05, 3.63) is 11.6 Å². The number of aryl methyl sites for hydroxylation is 1. The quantitative estimate of drug-likeness (QED) is 0.801. The maximum Gasteiger partial charge on any atom is 0.164 e. The molecule has 1 atom stereocenters.